The summed E-state index contributed by atoms with van der Waals surface area (Å²) in [5.74, 6) is 1.42. The summed E-state index contributed by atoms with van der Waals surface area (Å²) in [6.45, 7) is 4.10. The summed E-state index contributed by atoms with van der Waals surface area (Å²) >= 11 is 0. The zero-order valence-electron chi connectivity index (χ0n) is 12.0. The highest BCUT2D eigenvalue weighted by Gasteiger charge is 2.10. The molecule has 2 aromatic carbocycles. The molecular formula is C17H16FN3. The minimum absolute atomic E-state index is 0.225. The van der Waals surface area contributed by atoms with Gasteiger partial charge >= 0.3 is 0 Å². The first kappa shape index (κ1) is 13.5. The molecule has 0 fully saturated rings. The lowest BCUT2D eigenvalue weighted by molar-refractivity contribution is 0.628. The van der Waals surface area contributed by atoms with Crippen molar-refractivity contribution in [3.05, 3.63) is 60.2 Å². The maximum Gasteiger partial charge on any atom is 0.142 e. The lowest BCUT2D eigenvalue weighted by atomic mass is 10.1. The van der Waals surface area contributed by atoms with Crippen molar-refractivity contribution in [3.63, 3.8) is 0 Å². The molecule has 3 aromatic rings. The molecule has 4 heteroatoms. The van der Waals surface area contributed by atoms with Gasteiger partial charge in [0.25, 0.3) is 0 Å². The third kappa shape index (κ3) is 2.84. The molecule has 0 unspecified atom stereocenters. The first-order valence-electron chi connectivity index (χ1n) is 6.93. The maximum absolute atomic E-state index is 13.3. The van der Waals surface area contributed by atoms with Crippen molar-refractivity contribution in [2.24, 2.45) is 0 Å². The molecule has 0 spiro atoms. The quantitative estimate of drug-likeness (QED) is 0.760. The summed E-state index contributed by atoms with van der Waals surface area (Å²) < 4.78 is 13.3. The van der Waals surface area contributed by atoms with Gasteiger partial charge in [-0.15, -0.1) is 0 Å². The number of nitrogens with zero attached hydrogens (tertiary/aromatic N) is 2. The minimum atomic E-state index is -0.276. The van der Waals surface area contributed by atoms with Crippen LogP contribution in [-0.2, 0) is 0 Å². The number of hydrogen-bond donors (Lipinski definition) is 1. The van der Waals surface area contributed by atoms with E-state index in [1.807, 2.05) is 30.3 Å². The Morgan fingerprint density at radius 3 is 2.57 bits per heavy atom. The monoisotopic (exact) mass is 281 g/mol. The van der Waals surface area contributed by atoms with E-state index in [-0.39, 0.29) is 11.7 Å². The van der Waals surface area contributed by atoms with Crippen LogP contribution in [0.3, 0.4) is 0 Å². The summed E-state index contributed by atoms with van der Waals surface area (Å²) in [5, 5.41) is 4.11. The summed E-state index contributed by atoms with van der Waals surface area (Å²) in [4.78, 5) is 9.15. The van der Waals surface area contributed by atoms with E-state index < -0.39 is 0 Å². The molecule has 3 nitrogen and oxygen atoms in total. The molecule has 1 N–H and O–H groups in total. The summed E-state index contributed by atoms with van der Waals surface area (Å²) in [5.41, 5.74) is 1.56. The molecule has 1 aromatic heterocycles. The number of benzene rings is 2. The predicted octanol–water partition coefficient (Wildman–Crippen LogP) is 4.64. The number of fused-ring (bicyclic) bond motifs is 1. The third-order valence-corrected chi connectivity index (χ3v) is 3.22. The summed E-state index contributed by atoms with van der Waals surface area (Å²) in [6.07, 6.45) is 0. The number of aromatic nitrogens is 2. The number of nitrogens with one attached hydrogen (secondary N) is 1. The van der Waals surface area contributed by atoms with Gasteiger partial charge in [-0.1, -0.05) is 32.0 Å². The molecule has 21 heavy (non-hydrogen) atoms. The Morgan fingerprint density at radius 1 is 1.00 bits per heavy atom. The van der Waals surface area contributed by atoms with Crippen LogP contribution in [0, 0.1) is 5.82 Å². The van der Waals surface area contributed by atoms with E-state index in [1.165, 1.54) is 12.1 Å². The second kappa shape index (κ2) is 5.48. The molecule has 3 rings (SSSR count). The van der Waals surface area contributed by atoms with Crippen molar-refractivity contribution in [1.29, 1.82) is 0 Å². The van der Waals surface area contributed by atoms with E-state index in [4.69, 9.17) is 0 Å². The highest BCUT2D eigenvalue weighted by atomic mass is 19.1. The molecule has 0 aliphatic heterocycles. The highest BCUT2D eigenvalue weighted by molar-refractivity contribution is 5.90. The van der Waals surface area contributed by atoms with Gasteiger partial charge in [-0.3, -0.25) is 0 Å². The number of para-hydroxylation sites is 1. The fraction of sp³-hybridized carbons (Fsp3) is 0.176. The average molecular weight is 281 g/mol. The van der Waals surface area contributed by atoms with Crippen molar-refractivity contribution < 1.29 is 4.39 Å². The molecule has 1 heterocycles. The van der Waals surface area contributed by atoms with Crippen LogP contribution >= 0.6 is 0 Å². The van der Waals surface area contributed by atoms with Crippen LogP contribution in [0.1, 0.15) is 25.6 Å². The molecule has 0 aliphatic carbocycles. The van der Waals surface area contributed by atoms with Crippen LogP contribution in [0.4, 0.5) is 15.9 Å². The van der Waals surface area contributed by atoms with Gasteiger partial charge in [-0.25, -0.2) is 14.4 Å². The normalized spacial score (nSPS) is 11.0. The van der Waals surface area contributed by atoms with Gasteiger partial charge in [0, 0.05) is 17.0 Å². The molecule has 0 saturated carbocycles. The zero-order valence-corrected chi connectivity index (χ0v) is 12.0. The van der Waals surface area contributed by atoms with Crippen LogP contribution in [0.5, 0.6) is 0 Å². The molecule has 0 bridgehead atoms. The Morgan fingerprint density at radius 2 is 1.81 bits per heavy atom. The molecule has 0 aliphatic rings. The van der Waals surface area contributed by atoms with Crippen molar-refractivity contribution in [2.45, 2.75) is 19.8 Å². The lowest BCUT2D eigenvalue weighted by Gasteiger charge is -2.12. The van der Waals surface area contributed by atoms with Crippen LogP contribution in [0.15, 0.2) is 48.5 Å². The zero-order chi connectivity index (χ0) is 14.8. The largest absolute Gasteiger partial charge is 0.340 e. The smallest absolute Gasteiger partial charge is 0.142 e. The van der Waals surface area contributed by atoms with Crippen LogP contribution in [0.25, 0.3) is 10.9 Å². The number of rotatable bonds is 3. The number of hydrogen-bond acceptors (Lipinski definition) is 3. The van der Waals surface area contributed by atoms with E-state index in [0.717, 1.165) is 16.7 Å². The Kier molecular flexibility index (Phi) is 3.52. The molecule has 0 saturated heterocycles. The minimum Gasteiger partial charge on any atom is -0.340 e. The summed E-state index contributed by atoms with van der Waals surface area (Å²) in [6, 6.07) is 14.2. The van der Waals surface area contributed by atoms with Gasteiger partial charge < -0.3 is 5.32 Å². The van der Waals surface area contributed by atoms with Crippen molar-refractivity contribution >= 4 is 22.4 Å². The standard InChI is InChI=1S/C17H16FN3/c1-11(2)16-20-15-9-4-3-8-14(15)17(21-16)19-13-7-5-6-12(18)10-13/h3-11H,1-2H3,(H,19,20,21). The van der Waals surface area contributed by atoms with E-state index in [0.29, 0.717) is 11.5 Å². The van der Waals surface area contributed by atoms with Crippen molar-refractivity contribution in [3.8, 4) is 0 Å². The topological polar surface area (TPSA) is 37.8 Å². The second-order valence-electron chi connectivity index (χ2n) is 5.24. The van der Waals surface area contributed by atoms with E-state index in [9.17, 15) is 4.39 Å². The van der Waals surface area contributed by atoms with Gasteiger partial charge in [-0.2, -0.15) is 0 Å². The van der Waals surface area contributed by atoms with E-state index >= 15 is 0 Å². The fourth-order valence-electron chi connectivity index (χ4n) is 2.15. The Balaban J connectivity index is 2.11. The first-order chi connectivity index (χ1) is 10.1. The predicted molar refractivity (Wildman–Crippen MR) is 83.3 cm³/mol. The number of halogens is 1. The van der Waals surface area contributed by atoms with Crippen LogP contribution < -0.4 is 5.32 Å². The van der Waals surface area contributed by atoms with Gasteiger partial charge in [0.1, 0.15) is 17.5 Å². The molecule has 0 radical (unpaired) electrons. The first-order valence-corrected chi connectivity index (χ1v) is 6.93. The van der Waals surface area contributed by atoms with E-state index in [2.05, 4.69) is 29.1 Å². The second-order valence-corrected chi connectivity index (χ2v) is 5.24. The Hall–Kier alpha value is -2.49. The van der Waals surface area contributed by atoms with Gasteiger partial charge in [0.15, 0.2) is 0 Å². The van der Waals surface area contributed by atoms with Crippen LogP contribution in [-0.4, -0.2) is 9.97 Å². The SMILES string of the molecule is CC(C)c1nc(Nc2cccc(F)c2)c2ccccc2n1. The van der Waals surface area contributed by atoms with Crippen molar-refractivity contribution in [2.75, 3.05) is 5.32 Å². The van der Waals surface area contributed by atoms with Gasteiger partial charge in [0.2, 0.25) is 0 Å². The van der Waals surface area contributed by atoms with Gasteiger partial charge in [0.05, 0.1) is 5.52 Å². The molecule has 0 amide bonds. The Bertz CT molecular complexity index is 784. The molecule has 0 atom stereocenters. The van der Waals surface area contributed by atoms with Crippen LogP contribution in [0.2, 0.25) is 0 Å². The molecule has 106 valence electrons. The molecular weight excluding hydrogens is 265 g/mol. The maximum atomic E-state index is 13.3. The Labute approximate surface area is 122 Å². The third-order valence-electron chi connectivity index (χ3n) is 3.22. The van der Waals surface area contributed by atoms with Crippen molar-refractivity contribution in [1.82, 2.24) is 9.97 Å². The summed E-state index contributed by atoms with van der Waals surface area (Å²) in [7, 11) is 0. The van der Waals surface area contributed by atoms with Gasteiger partial charge in [-0.05, 0) is 30.3 Å². The average Bonchev–Trinajstić information content (AvgIpc) is 2.47. The fourth-order valence-corrected chi connectivity index (χ4v) is 2.15. The number of anilines is 2. The lowest BCUT2D eigenvalue weighted by Crippen LogP contribution is -2.03. The van der Waals surface area contributed by atoms with E-state index in [1.54, 1.807) is 6.07 Å². The highest BCUT2D eigenvalue weighted by Crippen LogP contribution is 2.25.